The molecular formula is C15H13N. The van der Waals surface area contributed by atoms with Gasteiger partial charge < -0.3 is 5.73 Å². The van der Waals surface area contributed by atoms with E-state index in [1.54, 1.807) is 0 Å². The molecule has 0 amide bonds. The number of benzene rings is 2. The molecule has 0 heterocycles. The molecule has 16 heavy (non-hydrogen) atoms. The zero-order valence-electron chi connectivity index (χ0n) is 9.20. The monoisotopic (exact) mass is 207 g/mol. The van der Waals surface area contributed by atoms with E-state index in [2.05, 4.69) is 48.5 Å². The normalized spacial score (nSPS) is 13.8. The van der Waals surface area contributed by atoms with Crippen LogP contribution < -0.4 is 16.2 Å². The Labute approximate surface area is 93.8 Å². The van der Waals surface area contributed by atoms with E-state index in [0.717, 1.165) is 10.9 Å². The van der Waals surface area contributed by atoms with E-state index in [9.17, 15) is 0 Å². The predicted octanol–water partition coefficient (Wildman–Crippen LogP) is 1.20. The lowest BCUT2D eigenvalue weighted by molar-refractivity contribution is 1.37. The Morgan fingerprint density at radius 3 is 2.62 bits per heavy atom. The Morgan fingerprint density at radius 1 is 1.00 bits per heavy atom. The minimum Gasteiger partial charge on any atom is -0.402 e. The molecule has 0 bridgehead atoms. The van der Waals surface area contributed by atoms with Crippen LogP contribution in [0.4, 0.5) is 0 Å². The maximum atomic E-state index is 5.95. The van der Waals surface area contributed by atoms with Gasteiger partial charge in [-0.1, -0.05) is 42.5 Å². The predicted molar refractivity (Wildman–Crippen MR) is 66.6 cm³/mol. The third kappa shape index (κ3) is 1.18. The minimum absolute atomic E-state index is 0.877. The number of fused-ring (bicyclic) bond motifs is 2. The van der Waals surface area contributed by atoms with Crippen molar-refractivity contribution < 1.29 is 0 Å². The van der Waals surface area contributed by atoms with Gasteiger partial charge in [-0.05, 0) is 34.2 Å². The first-order chi connectivity index (χ1) is 7.77. The van der Waals surface area contributed by atoms with Crippen molar-refractivity contribution in [3.05, 3.63) is 68.9 Å². The van der Waals surface area contributed by atoms with Crippen LogP contribution in [0.5, 0.6) is 0 Å². The molecule has 0 spiro atoms. The Bertz CT molecular complexity index is 766. The van der Waals surface area contributed by atoms with Crippen LogP contribution >= 0.6 is 0 Å². The van der Waals surface area contributed by atoms with Crippen LogP contribution in [0.3, 0.4) is 0 Å². The van der Waals surface area contributed by atoms with Gasteiger partial charge in [-0.3, -0.25) is 0 Å². The van der Waals surface area contributed by atoms with E-state index < -0.39 is 0 Å². The molecule has 0 aliphatic heterocycles. The first-order valence-corrected chi connectivity index (χ1v) is 5.44. The largest absolute Gasteiger partial charge is 0.402 e. The van der Waals surface area contributed by atoms with E-state index in [-0.39, 0.29) is 0 Å². The van der Waals surface area contributed by atoms with Crippen LogP contribution in [0.15, 0.2) is 42.5 Å². The third-order valence-corrected chi connectivity index (χ3v) is 3.06. The quantitative estimate of drug-likeness (QED) is 0.589. The summed E-state index contributed by atoms with van der Waals surface area (Å²) >= 11 is 0. The first-order valence-electron chi connectivity index (χ1n) is 5.44. The van der Waals surface area contributed by atoms with Crippen LogP contribution in [0, 0.1) is 10.4 Å². The fraction of sp³-hybridized carbons (Fsp3) is 0.0667. The van der Waals surface area contributed by atoms with Crippen molar-refractivity contribution in [3.8, 4) is 0 Å². The zero-order chi connectivity index (χ0) is 11.1. The second kappa shape index (κ2) is 3.24. The third-order valence-electron chi connectivity index (χ3n) is 3.06. The van der Waals surface area contributed by atoms with Crippen molar-refractivity contribution in [2.24, 2.45) is 5.73 Å². The summed E-state index contributed by atoms with van der Waals surface area (Å²) in [6, 6.07) is 14.7. The van der Waals surface area contributed by atoms with Crippen LogP contribution in [0.25, 0.3) is 11.8 Å². The van der Waals surface area contributed by atoms with Gasteiger partial charge in [0.1, 0.15) is 0 Å². The maximum Gasteiger partial charge on any atom is 0.0129 e. The van der Waals surface area contributed by atoms with Crippen LogP contribution in [-0.4, -0.2) is 0 Å². The second-order valence-electron chi connectivity index (χ2n) is 4.18. The highest BCUT2D eigenvalue weighted by molar-refractivity contribution is 5.57. The van der Waals surface area contributed by atoms with Crippen molar-refractivity contribution in [3.63, 3.8) is 0 Å². The molecule has 78 valence electrons. The van der Waals surface area contributed by atoms with Gasteiger partial charge in [0, 0.05) is 10.9 Å². The Balaban J connectivity index is 2.75. The number of nitrogens with two attached hydrogens (primary N) is 1. The summed E-state index contributed by atoms with van der Waals surface area (Å²) in [5.41, 5.74) is 8.09. The summed E-state index contributed by atoms with van der Waals surface area (Å²) in [4.78, 5) is 0. The van der Waals surface area contributed by atoms with Gasteiger partial charge >= 0.3 is 0 Å². The molecule has 0 saturated carbocycles. The summed E-state index contributed by atoms with van der Waals surface area (Å²) < 4.78 is 0. The van der Waals surface area contributed by atoms with E-state index in [1.807, 2.05) is 6.92 Å². The van der Waals surface area contributed by atoms with Crippen LogP contribution in [0.2, 0.25) is 0 Å². The highest BCUT2D eigenvalue weighted by Gasteiger charge is 2.02. The Kier molecular flexibility index (Phi) is 1.87. The van der Waals surface area contributed by atoms with E-state index in [0.29, 0.717) is 0 Å². The van der Waals surface area contributed by atoms with Gasteiger partial charge in [0.15, 0.2) is 0 Å². The molecule has 1 aliphatic rings. The van der Waals surface area contributed by atoms with Crippen LogP contribution in [-0.2, 0) is 0 Å². The highest BCUT2D eigenvalue weighted by Crippen LogP contribution is 2.06. The van der Waals surface area contributed by atoms with Gasteiger partial charge in [-0.2, -0.15) is 0 Å². The fourth-order valence-electron chi connectivity index (χ4n) is 2.34. The Hall–Kier alpha value is -2.02. The number of rotatable bonds is 0. The molecule has 2 aromatic rings. The molecule has 1 heteroatoms. The molecule has 2 N–H and O–H groups in total. The fourth-order valence-corrected chi connectivity index (χ4v) is 2.34. The van der Waals surface area contributed by atoms with Crippen molar-refractivity contribution in [1.29, 1.82) is 0 Å². The molecular weight excluding hydrogens is 194 g/mol. The average Bonchev–Trinajstić information content (AvgIpc) is 2.66. The smallest absolute Gasteiger partial charge is 0.0129 e. The van der Waals surface area contributed by atoms with Crippen molar-refractivity contribution in [2.75, 3.05) is 0 Å². The molecule has 0 fully saturated rings. The van der Waals surface area contributed by atoms with Gasteiger partial charge in [0.2, 0.25) is 0 Å². The van der Waals surface area contributed by atoms with Gasteiger partial charge in [0.05, 0.1) is 0 Å². The maximum absolute atomic E-state index is 5.95. The highest BCUT2D eigenvalue weighted by atomic mass is 14.5. The zero-order valence-corrected chi connectivity index (χ0v) is 9.20. The lowest BCUT2D eigenvalue weighted by atomic mass is 10.1. The lowest BCUT2D eigenvalue weighted by Gasteiger charge is -1.96. The minimum atomic E-state index is 0.877. The molecule has 2 aromatic carbocycles. The lowest BCUT2D eigenvalue weighted by Crippen LogP contribution is -2.13. The van der Waals surface area contributed by atoms with Gasteiger partial charge in [-0.15, -0.1) is 0 Å². The van der Waals surface area contributed by atoms with E-state index in [4.69, 9.17) is 5.73 Å². The SMILES string of the molecule is CC(N)=c1cccc2c1=c1ccccc1=C2. The molecule has 0 atom stereocenters. The molecule has 1 nitrogen and oxygen atoms in total. The second-order valence-corrected chi connectivity index (χ2v) is 4.18. The topological polar surface area (TPSA) is 26.0 Å². The number of hydrogen-bond donors (Lipinski definition) is 1. The van der Waals surface area contributed by atoms with E-state index >= 15 is 0 Å². The van der Waals surface area contributed by atoms with Gasteiger partial charge in [0.25, 0.3) is 0 Å². The molecule has 0 aromatic heterocycles. The molecule has 0 unspecified atom stereocenters. The first kappa shape index (κ1) is 9.22. The summed E-state index contributed by atoms with van der Waals surface area (Å²) in [5.74, 6) is 0. The summed E-state index contributed by atoms with van der Waals surface area (Å²) in [6.45, 7) is 1.95. The molecule has 1 aliphatic carbocycles. The number of hydrogen-bond acceptors (Lipinski definition) is 1. The summed E-state index contributed by atoms with van der Waals surface area (Å²) in [7, 11) is 0. The average molecular weight is 207 g/mol. The Morgan fingerprint density at radius 2 is 1.81 bits per heavy atom. The standard InChI is InChI=1S/C15H13N/c1-10(16)13-8-4-6-12-9-11-5-2-3-7-14(11)15(12)13/h2-9H,16H2,1H3. The van der Waals surface area contributed by atoms with Crippen molar-refractivity contribution in [2.45, 2.75) is 6.92 Å². The summed E-state index contributed by atoms with van der Waals surface area (Å²) in [5, 5.41) is 5.00. The molecule has 0 saturated heterocycles. The van der Waals surface area contributed by atoms with Crippen LogP contribution in [0.1, 0.15) is 12.5 Å². The summed E-state index contributed by atoms with van der Waals surface area (Å²) in [6.07, 6.45) is 2.22. The van der Waals surface area contributed by atoms with E-state index in [1.165, 1.54) is 21.2 Å². The van der Waals surface area contributed by atoms with Crippen molar-refractivity contribution >= 4 is 11.8 Å². The molecule has 3 rings (SSSR count). The van der Waals surface area contributed by atoms with Crippen molar-refractivity contribution in [1.82, 2.24) is 0 Å². The van der Waals surface area contributed by atoms with Gasteiger partial charge in [-0.25, -0.2) is 0 Å². The molecule has 0 radical (unpaired) electrons.